The summed E-state index contributed by atoms with van der Waals surface area (Å²) in [7, 11) is 0. The number of carboxylic acid groups (broad SMARTS) is 1. The second-order valence-electron chi connectivity index (χ2n) is 5.29. The maximum absolute atomic E-state index is 11.2. The fraction of sp³-hybridized carbons (Fsp3) is 0.167. The number of rotatable bonds is 4. The number of hydrogen-bond donors (Lipinski definition) is 2. The highest BCUT2D eigenvalue weighted by Crippen LogP contribution is 2.32. The van der Waals surface area contributed by atoms with Gasteiger partial charge in [0.2, 0.25) is 0 Å². The highest BCUT2D eigenvalue weighted by molar-refractivity contribution is 6.31. The van der Waals surface area contributed by atoms with E-state index in [4.69, 9.17) is 11.6 Å². The molecule has 0 aliphatic heterocycles. The first kappa shape index (κ1) is 14.7. The first-order chi connectivity index (χ1) is 10.6. The van der Waals surface area contributed by atoms with Crippen LogP contribution in [-0.2, 0) is 17.6 Å². The molecule has 22 heavy (non-hydrogen) atoms. The van der Waals surface area contributed by atoms with Gasteiger partial charge >= 0.3 is 5.97 Å². The molecule has 3 aromatic rings. The van der Waals surface area contributed by atoms with Crippen LogP contribution in [0.1, 0.15) is 18.1 Å². The van der Waals surface area contributed by atoms with Gasteiger partial charge in [0.25, 0.3) is 0 Å². The predicted molar refractivity (Wildman–Crippen MR) is 89.5 cm³/mol. The number of aromatic amines is 1. The number of benzene rings is 2. The van der Waals surface area contributed by atoms with Crippen LogP contribution >= 0.6 is 11.6 Å². The van der Waals surface area contributed by atoms with Crippen molar-refractivity contribution in [3.05, 3.63) is 58.6 Å². The Morgan fingerprint density at radius 3 is 2.55 bits per heavy atom. The molecule has 0 saturated carbocycles. The fourth-order valence-electron chi connectivity index (χ4n) is 2.71. The minimum Gasteiger partial charge on any atom is -0.481 e. The van der Waals surface area contributed by atoms with Crippen LogP contribution in [-0.4, -0.2) is 16.1 Å². The van der Waals surface area contributed by atoms with E-state index in [2.05, 4.69) is 24.0 Å². The largest absolute Gasteiger partial charge is 0.481 e. The van der Waals surface area contributed by atoms with Gasteiger partial charge in [-0.05, 0) is 41.3 Å². The van der Waals surface area contributed by atoms with Crippen LogP contribution in [0.15, 0.2) is 42.5 Å². The van der Waals surface area contributed by atoms with Crippen LogP contribution in [0.25, 0.3) is 22.2 Å². The van der Waals surface area contributed by atoms with Crippen LogP contribution in [0.5, 0.6) is 0 Å². The van der Waals surface area contributed by atoms with Gasteiger partial charge in [0.1, 0.15) is 0 Å². The van der Waals surface area contributed by atoms with Crippen molar-refractivity contribution in [3.8, 4) is 11.3 Å². The Labute approximate surface area is 133 Å². The average Bonchev–Trinajstić information content (AvgIpc) is 2.85. The van der Waals surface area contributed by atoms with Gasteiger partial charge in [-0.2, -0.15) is 0 Å². The van der Waals surface area contributed by atoms with E-state index in [0.29, 0.717) is 5.02 Å². The lowest BCUT2D eigenvalue weighted by Gasteiger charge is -2.04. The van der Waals surface area contributed by atoms with Crippen LogP contribution in [0, 0.1) is 0 Å². The van der Waals surface area contributed by atoms with Crippen LogP contribution in [0.4, 0.5) is 0 Å². The number of nitrogens with one attached hydrogen (secondary N) is 1. The van der Waals surface area contributed by atoms with Crippen LogP contribution in [0.2, 0.25) is 5.02 Å². The summed E-state index contributed by atoms with van der Waals surface area (Å²) in [6.45, 7) is 2.11. The van der Waals surface area contributed by atoms with Gasteiger partial charge in [-0.1, -0.05) is 42.8 Å². The first-order valence-electron chi connectivity index (χ1n) is 7.19. The third-order valence-electron chi connectivity index (χ3n) is 3.85. The van der Waals surface area contributed by atoms with Gasteiger partial charge in [0, 0.05) is 15.9 Å². The highest BCUT2D eigenvalue weighted by atomic mass is 35.5. The molecule has 0 spiro atoms. The van der Waals surface area contributed by atoms with Gasteiger partial charge in [0.05, 0.1) is 12.1 Å². The lowest BCUT2D eigenvalue weighted by molar-refractivity contribution is -0.136. The van der Waals surface area contributed by atoms with Crippen molar-refractivity contribution in [2.75, 3.05) is 0 Å². The van der Waals surface area contributed by atoms with E-state index in [1.54, 1.807) is 6.07 Å². The number of aromatic nitrogens is 1. The van der Waals surface area contributed by atoms with E-state index < -0.39 is 5.97 Å². The lowest BCUT2D eigenvalue weighted by Crippen LogP contribution is -2.01. The number of fused-ring (bicyclic) bond motifs is 1. The van der Waals surface area contributed by atoms with Crippen molar-refractivity contribution in [3.63, 3.8) is 0 Å². The number of halogens is 1. The molecule has 4 heteroatoms. The maximum Gasteiger partial charge on any atom is 0.307 e. The molecule has 112 valence electrons. The molecule has 0 aliphatic rings. The molecular formula is C18H16ClNO2. The van der Waals surface area contributed by atoms with E-state index in [0.717, 1.165) is 34.1 Å². The van der Waals surface area contributed by atoms with E-state index in [1.807, 2.05) is 24.3 Å². The quantitative estimate of drug-likeness (QED) is 0.735. The number of carboxylic acids is 1. The lowest BCUT2D eigenvalue weighted by atomic mass is 10.0. The summed E-state index contributed by atoms with van der Waals surface area (Å²) in [4.78, 5) is 14.6. The Hall–Kier alpha value is -2.26. The molecule has 1 aromatic heterocycles. The number of aryl methyl sites for hydroxylation is 1. The Bertz CT molecular complexity index is 834. The fourth-order valence-corrected chi connectivity index (χ4v) is 2.88. The van der Waals surface area contributed by atoms with Gasteiger partial charge < -0.3 is 10.1 Å². The third-order valence-corrected chi connectivity index (χ3v) is 4.08. The van der Waals surface area contributed by atoms with E-state index in [1.165, 1.54) is 5.56 Å². The van der Waals surface area contributed by atoms with Gasteiger partial charge in [-0.3, -0.25) is 4.79 Å². The summed E-state index contributed by atoms with van der Waals surface area (Å²) in [5.74, 6) is -0.854. The zero-order chi connectivity index (χ0) is 15.7. The molecule has 0 unspecified atom stereocenters. The van der Waals surface area contributed by atoms with E-state index in [-0.39, 0.29) is 6.42 Å². The molecule has 0 fully saturated rings. The smallest absolute Gasteiger partial charge is 0.307 e. The molecule has 2 aromatic carbocycles. The zero-order valence-electron chi connectivity index (χ0n) is 12.2. The minimum atomic E-state index is -0.854. The summed E-state index contributed by atoms with van der Waals surface area (Å²) < 4.78 is 0. The summed E-state index contributed by atoms with van der Waals surface area (Å²) in [5, 5.41) is 10.7. The molecule has 0 radical (unpaired) electrons. The van der Waals surface area contributed by atoms with E-state index in [9.17, 15) is 9.90 Å². The summed E-state index contributed by atoms with van der Waals surface area (Å²) in [6.07, 6.45) is 0.940. The normalized spacial score (nSPS) is 11.0. The minimum absolute atomic E-state index is 0.0365. The summed E-state index contributed by atoms with van der Waals surface area (Å²) in [6, 6.07) is 13.7. The number of hydrogen-bond acceptors (Lipinski definition) is 1. The van der Waals surface area contributed by atoms with Crippen molar-refractivity contribution >= 4 is 28.5 Å². The van der Waals surface area contributed by atoms with E-state index >= 15 is 0 Å². The number of H-pyrrole nitrogens is 1. The molecule has 0 aliphatic carbocycles. The number of aliphatic carboxylic acids is 1. The third kappa shape index (κ3) is 2.72. The Kier molecular flexibility index (Phi) is 3.90. The van der Waals surface area contributed by atoms with Gasteiger partial charge in [0.15, 0.2) is 0 Å². The second kappa shape index (κ2) is 5.85. The molecule has 1 heterocycles. The topological polar surface area (TPSA) is 53.1 Å². The molecule has 3 nitrogen and oxygen atoms in total. The molecule has 3 rings (SSSR count). The average molecular weight is 314 g/mol. The molecular weight excluding hydrogens is 298 g/mol. The summed E-state index contributed by atoms with van der Waals surface area (Å²) >= 11 is 6.06. The van der Waals surface area contributed by atoms with Gasteiger partial charge in [-0.15, -0.1) is 0 Å². The SMILES string of the molecule is CCc1ccc(-c2[nH]c3ccc(Cl)cc3c2CC(=O)O)cc1. The first-order valence-corrected chi connectivity index (χ1v) is 7.57. The predicted octanol–water partition coefficient (Wildman–Crippen LogP) is 4.68. The van der Waals surface area contributed by atoms with Gasteiger partial charge in [-0.25, -0.2) is 0 Å². The zero-order valence-corrected chi connectivity index (χ0v) is 12.9. The molecule has 0 saturated heterocycles. The van der Waals surface area contributed by atoms with Crippen LogP contribution < -0.4 is 0 Å². The standard InChI is InChI=1S/C18H16ClNO2/c1-2-11-3-5-12(6-4-11)18-15(10-17(21)22)14-9-13(19)7-8-16(14)20-18/h3-9,20H,2,10H2,1H3,(H,21,22). The maximum atomic E-state index is 11.2. The van der Waals surface area contributed by atoms with Crippen molar-refractivity contribution in [2.24, 2.45) is 0 Å². The van der Waals surface area contributed by atoms with Crippen molar-refractivity contribution in [2.45, 2.75) is 19.8 Å². The Morgan fingerprint density at radius 2 is 1.91 bits per heavy atom. The van der Waals surface area contributed by atoms with Crippen molar-refractivity contribution < 1.29 is 9.90 Å². The van der Waals surface area contributed by atoms with Crippen molar-refractivity contribution in [1.82, 2.24) is 4.98 Å². The Balaban J connectivity index is 2.20. The number of carbonyl (C=O) groups is 1. The molecule has 0 amide bonds. The molecule has 0 bridgehead atoms. The van der Waals surface area contributed by atoms with Crippen LogP contribution in [0.3, 0.4) is 0 Å². The molecule has 2 N–H and O–H groups in total. The second-order valence-corrected chi connectivity index (χ2v) is 5.73. The highest BCUT2D eigenvalue weighted by Gasteiger charge is 2.16. The molecule has 0 atom stereocenters. The Morgan fingerprint density at radius 1 is 1.18 bits per heavy atom. The monoisotopic (exact) mass is 313 g/mol. The van der Waals surface area contributed by atoms with Crippen molar-refractivity contribution in [1.29, 1.82) is 0 Å². The summed E-state index contributed by atoms with van der Waals surface area (Å²) in [5.41, 5.74) is 4.76.